The monoisotopic (exact) mass is 439 g/mol. The summed E-state index contributed by atoms with van der Waals surface area (Å²) in [5, 5.41) is 9.48. The number of carbonyl (C=O) groups excluding carboxylic acids is 1. The molecule has 0 N–H and O–H groups in total. The average Bonchev–Trinajstić information content (AvgIpc) is 3.13. The number of rotatable bonds is 6. The van der Waals surface area contributed by atoms with E-state index in [0.717, 1.165) is 16.8 Å². The summed E-state index contributed by atoms with van der Waals surface area (Å²) in [4.78, 5) is 20.6. The molecule has 5 nitrogen and oxygen atoms in total. The van der Waals surface area contributed by atoms with Crippen molar-refractivity contribution in [2.24, 2.45) is 4.99 Å². The summed E-state index contributed by atoms with van der Waals surface area (Å²) < 4.78 is 5.53. The van der Waals surface area contributed by atoms with E-state index in [4.69, 9.17) is 15.0 Å². The van der Waals surface area contributed by atoms with Crippen LogP contribution in [0.15, 0.2) is 94.8 Å². The fourth-order valence-corrected chi connectivity index (χ4v) is 4.44. The number of para-hydroxylation sites is 2. The van der Waals surface area contributed by atoms with Gasteiger partial charge in [-0.1, -0.05) is 66.7 Å². The Balaban J connectivity index is 1.74. The quantitative estimate of drug-likeness (QED) is 0.445. The second kappa shape index (κ2) is 9.99. The highest BCUT2D eigenvalue weighted by atomic mass is 32.2. The lowest BCUT2D eigenvalue weighted by Gasteiger charge is -2.24. The second-order valence-corrected chi connectivity index (χ2v) is 8.10. The Morgan fingerprint density at radius 1 is 1.03 bits per heavy atom. The predicted octanol–water partition coefficient (Wildman–Crippen LogP) is 5.95. The van der Waals surface area contributed by atoms with Gasteiger partial charge in [-0.3, -0.25) is 9.69 Å². The standard InChI is InChI=1S/C26H21N3O2S/c1-19(20-10-4-2-5-11-20)29-25(30)24(32-26(29)28-22-13-6-3-7-14-22)18-21-12-8-9-15-23(21)31-17-16-27/h2-15,18-19H,17H2,1H3/b24-18+,28-26?/t19-/m1/s1. The lowest BCUT2D eigenvalue weighted by molar-refractivity contribution is -0.123. The van der Waals surface area contributed by atoms with Crippen LogP contribution in [-0.2, 0) is 4.79 Å². The largest absolute Gasteiger partial charge is 0.478 e. The zero-order valence-electron chi connectivity index (χ0n) is 17.5. The summed E-state index contributed by atoms with van der Waals surface area (Å²) in [7, 11) is 0. The van der Waals surface area contributed by atoms with Gasteiger partial charge in [0.25, 0.3) is 5.91 Å². The van der Waals surface area contributed by atoms with Gasteiger partial charge in [-0.2, -0.15) is 5.26 Å². The number of carbonyl (C=O) groups is 1. The minimum absolute atomic E-state index is 0.0564. The molecule has 4 rings (SSSR count). The topological polar surface area (TPSA) is 65.7 Å². The van der Waals surface area contributed by atoms with E-state index in [9.17, 15) is 4.79 Å². The van der Waals surface area contributed by atoms with E-state index in [1.807, 2.05) is 91.9 Å². The summed E-state index contributed by atoms with van der Waals surface area (Å²) >= 11 is 1.34. The maximum atomic E-state index is 13.5. The Bertz CT molecular complexity index is 1200. The molecule has 0 aliphatic carbocycles. The summed E-state index contributed by atoms with van der Waals surface area (Å²) in [6, 6.07) is 28.7. The van der Waals surface area contributed by atoms with Crippen LogP contribution in [-0.4, -0.2) is 22.6 Å². The number of thioether (sulfide) groups is 1. The van der Waals surface area contributed by atoms with Crippen molar-refractivity contribution < 1.29 is 9.53 Å². The number of nitriles is 1. The molecule has 1 atom stereocenters. The number of amidine groups is 1. The van der Waals surface area contributed by atoms with Crippen molar-refractivity contribution in [3.63, 3.8) is 0 Å². The van der Waals surface area contributed by atoms with E-state index in [2.05, 4.69) is 0 Å². The predicted molar refractivity (Wildman–Crippen MR) is 128 cm³/mol. The van der Waals surface area contributed by atoms with Gasteiger partial charge in [-0.05, 0) is 48.5 Å². The Morgan fingerprint density at radius 2 is 1.69 bits per heavy atom. The normalized spacial score (nSPS) is 16.9. The maximum Gasteiger partial charge on any atom is 0.267 e. The highest BCUT2D eigenvalue weighted by Crippen LogP contribution is 2.39. The van der Waals surface area contributed by atoms with Gasteiger partial charge in [-0.15, -0.1) is 0 Å². The van der Waals surface area contributed by atoms with Crippen molar-refractivity contribution in [2.75, 3.05) is 6.61 Å². The van der Waals surface area contributed by atoms with E-state index < -0.39 is 0 Å². The third-order valence-electron chi connectivity index (χ3n) is 4.98. The van der Waals surface area contributed by atoms with E-state index in [-0.39, 0.29) is 18.6 Å². The molecule has 1 fully saturated rings. The van der Waals surface area contributed by atoms with Crippen LogP contribution in [0.25, 0.3) is 6.08 Å². The zero-order chi connectivity index (χ0) is 22.3. The highest BCUT2D eigenvalue weighted by molar-refractivity contribution is 8.18. The van der Waals surface area contributed by atoms with Crippen LogP contribution in [0, 0.1) is 11.3 Å². The van der Waals surface area contributed by atoms with Crippen molar-refractivity contribution in [1.82, 2.24) is 4.90 Å². The molecule has 1 amide bonds. The summed E-state index contributed by atoms with van der Waals surface area (Å²) in [5.74, 6) is 0.446. The molecular formula is C26H21N3O2S. The van der Waals surface area contributed by atoms with Crippen LogP contribution < -0.4 is 4.74 Å². The molecule has 0 aromatic heterocycles. The van der Waals surface area contributed by atoms with Gasteiger partial charge in [0, 0.05) is 5.56 Å². The molecule has 0 unspecified atom stereocenters. The van der Waals surface area contributed by atoms with E-state index in [1.165, 1.54) is 11.8 Å². The van der Waals surface area contributed by atoms with Crippen LogP contribution in [0.5, 0.6) is 5.75 Å². The Labute approximate surface area is 191 Å². The number of hydrogen-bond acceptors (Lipinski definition) is 5. The van der Waals surface area contributed by atoms with Crippen molar-refractivity contribution in [3.8, 4) is 11.8 Å². The van der Waals surface area contributed by atoms with Gasteiger partial charge in [0.05, 0.1) is 16.6 Å². The molecule has 1 aliphatic rings. The first-order valence-corrected chi connectivity index (χ1v) is 11.0. The van der Waals surface area contributed by atoms with Crippen LogP contribution in [0.2, 0.25) is 0 Å². The van der Waals surface area contributed by atoms with Crippen molar-refractivity contribution in [3.05, 3.63) is 101 Å². The molecule has 1 heterocycles. The third kappa shape index (κ3) is 4.74. The average molecular weight is 440 g/mol. The molecule has 158 valence electrons. The summed E-state index contributed by atoms with van der Waals surface area (Å²) in [6.07, 6.45) is 1.80. The molecule has 0 radical (unpaired) electrons. The summed E-state index contributed by atoms with van der Waals surface area (Å²) in [6.45, 7) is 1.94. The second-order valence-electron chi connectivity index (χ2n) is 7.09. The van der Waals surface area contributed by atoms with E-state index >= 15 is 0 Å². The molecule has 3 aromatic carbocycles. The number of hydrogen-bond donors (Lipinski definition) is 0. The van der Waals surface area contributed by atoms with Crippen LogP contribution in [0.1, 0.15) is 24.1 Å². The molecule has 1 aliphatic heterocycles. The fourth-order valence-electron chi connectivity index (χ4n) is 3.38. The van der Waals surface area contributed by atoms with Gasteiger partial charge >= 0.3 is 0 Å². The van der Waals surface area contributed by atoms with Gasteiger partial charge in [0.1, 0.15) is 11.8 Å². The maximum absolute atomic E-state index is 13.5. The number of benzene rings is 3. The van der Waals surface area contributed by atoms with Gasteiger partial charge < -0.3 is 4.74 Å². The van der Waals surface area contributed by atoms with Crippen LogP contribution in [0.3, 0.4) is 0 Å². The van der Waals surface area contributed by atoms with E-state index in [1.54, 1.807) is 17.0 Å². The van der Waals surface area contributed by atoms with Crippen LogP contribution in [0.4, 0.5) is 5.69 Å². The van der Waals surface area contributed by atoms with Gasteiger partial charge in [0.15, 0.2) is 11.8 Å². The molecular weight excluding hydrogens is 418 g/mol. The molecule has 0 saturated carbocycles. The fraction of sp³-hybridized carbons (Fsp3) is 0.115. The minimum atomic E-state index is -0.186. The van der Waals surface area contributed by atoms with Crippen LogP contribution >= 0.6 is 11.8 Å². The first-order chi connectivity index (χ1) is 15.7. The number of amides is 1. The summed E-state index contributed by atoms with van der Waals surface area (Å²) in [5.41, 5.74) is 2.56. The molecule has 32 heavy (non-hydrogen) atoms. The SMILES string of the molecule is C[C@H](c1ccccc1)N1C(=O)/C(=C\c2ccccc2OCC#N)SC1=Nc1ccccc1. The first kappa shape index (κ1) is 21.4. The third-order valence-corrected chi connectivity index (χ3v) is 5.97. The zero-order valence-corrected chi connectivity index (χ0v) is 18.3. The molecule has 1 saturated heterocycles. The number of ether oxygens (including phenoxy) is 1. The lowest BCUT2D eigenvalue weighted by atomic mass is 10.1. The highest BCUT2D eigenvalue weighted by Gasteiger charge is 2.37. The van der Waals surface area contributed by atoms with Crippen molar-refractivity contribution in [1.29, 1.82) is 5.26 Å². The first-order valence-electron chi connectivity index (χ1n) is 10.2. The number of aliphatic imine (C=N–C) groups is 1. The minimum Gasteiger partial charge on any atom is -0.478 e. The lowest BCUT2D eigenvalue weighted by Crippen LogP contribution is -2.32. The van der Waals surface area contributed by atoms with Crippen molar-refractivity contribution >= 4 is 34.6 Å². The molecule has 0 spiro atoms. The Kier molecular flexibility index (Phi) is 6.69. The molecule has 3 aromatic rings. The van der Waals surface area contributed by atoms with E-state index in [0.29, 0.717) is 15.8 Å². The molecule has 6 heteroatoms. The van der Waals surface area contributed by atoms with Gasteiger partial charge in [-0.25, -0.2) is 4.99 Å². The number of nitrogens with zero attached hydrogens (tertiary/aromatic N) is 3. The van der Waals surface area contributed by atoms with Crippen molar-refractivity contribution in [2.45, 2.75) is 13.0 Å². The Morgan fingerprint density at radius 3 is 2.41 bits per heavy atom. The molecule has 0 bridgehead atoms. The smallest absolute Gasteiger partial charge is 0.267 e. The Hall–Kier alpha value is -3.82. The van der Waals surface area contributed by atoms with Gasteiger partial charge in [0.2, 0.25) is 0 Å².